The predicted octanol–water partition coefficient (Wildman–Crippen LogP) is -0.0830. The van der Waals surface area contributed by atoms with Crippen LogP contribution in [0, 0.1) is 0 Å². The molecule has 0 aromatic carbocycles. The summed E-state index contributed by atoms with van der Waals surface area (Å²) >= 11 is 0. The fourth-order valence-corrected chi connectivity index (χ4v) is 1.25. The van der Waals surface area contributed by atoms with E-state index >= 15 is 0 Å². The number of nitrogens with one attached hydrogen (secondary N) is 2. The van der Waals surface area contributed by atoms with Gasteiger partial charge in [-0.2, -0.15) is 0 Å². The van der Waals surface area contributed by atoms with Crippen LogP contribution in [-0.2, 0) is 4.74 Å². The number of methoxy groups -OCH3 is 1. The summed E-state index contributed by atoms with van der Waals surface area (Å²) in [6.45, 7) is 2.44. The van der Waals surface area contributed by atoms with E-state index < -0.39 is 0 Å². The second kappa shape index (κ2) is 6.77. The molecular weight excluding hydrogens is 222 g/mol. The number of hydrogen-bond acceptors (Lipinski definition) is 6. The Bertz CT molecular complexity index is 354. The van der Waals surface area contributed by atoms with Crippen LogP contribution in [0.3, 0.4) is 0 Å². The number of carbonyl (C=O) groups excluding carboxylic acids is 1. The third-order valence-corrected chi connectivity index (χ3v) is 2.24. The summed E-state index contributed by atoms with van der Waals surface area (Å²) in [5.41, 5.74) is 2.59. The summed E-state index contributed by atoms with van der Waals surface area (Å²) in [5.74, 6) is 5.28. The van der Waals surface area contributed by atoms with E-state index in [1.54, 1.807) is 19.2 Å². The van der Waals surface area contributed by atoms with Crippen LogP contribution in [0.2, 0.25) is 0 Å². The molecule has 1 aromatic rings. The number of carbonyl (C=O) groups is 1. The molecule has 1 aromatic heterocycles. The van der Waals surface area contributed by atoms with E-state index in [1.165, 1.54) is 0 Å². The molecule has 0 spiro atoms. The Balaban J connectivity index is 2.62. The second-order valence-corrected chi connectivity index (χ2v) is 3.48. The third-order valence-electron chi connectivity index (χ3n) is 2.24. The van der Waals surface area contributed by atoms with Crippen LogP contribution < -0.4 is 16.6 Å². The molecule has 0 aliphatic heterocycles. The van der Waals surface area contributed by atoms with Gasteiger partial charge < -0.3 is 15.5 Å². The molecule has 1 rings (SSSR count). The quantitative estimate of drug-likeness (QED) is 0.474. The number of nitrogens with two attached hydrogens (primary N) is 1. The summed E-state index contributed by atoms with van der Waals surface area (Å²) in [5, 5.41) is 10.3. The van der Waals surface area contributed by atoms with E-state index in [-0.39, 0.29) is 17.6 Å². The highest BCUT2D eigenvalue weighted by Crippen LogP contribution is 2.01. The van der Waals surface area contributed by atoms with Crippen molar-refractivity contribution >= 4 is 11.7 Å². The topological polar surface area (TPSA) is 102 Å². The van der Waals surface area contributed by atoms with E-state index in [0.717, 1.165) is 6.42 Å². The molecule has 0 saturated carbocycles. The van der Waals surface area contributed by atoms with Gasteiger partial charge in [-0.1, -0.05) is 6.92 Å². The Kier molecular flexibility index (Phi) is 5.31. The largest absolute Gasteiger partial charge is 0.383 e. The average molecular weight is 239 g/mol. The van der Waals surface area contributed by atoms with E-state index in [0.29, 0.717) is 12.4 Å². The van der Waals surface area contributed by atoms with Gasteiger partial charge in [0.05, 0.1) is 12.6 Å². The van der Waals surface area contributed by atoms with Gasteiger partial charge in [-0.3, -0.25) is 4.79 Å². The van der Waals surface area contributed by atoms with Crippen LogP contribution in [-0.4, -0.2) is 35.9 Å². The lowest BCUT2D eigenvalue weighted by Crippen LogP contribution is -2.38. The van der Waals surface area contributed by atoms with Gasteiger partial charge in [-0.05, 0) is 18.6 Å². The molecule has 0 saturated heterocycles. The Labute approximate surface area is 99.7 Å². The first kappa shape index (κ1) is 13.3. The Morgan fingerprint density at radius 3 is 2.76 bits per heavy atom. The van der Waals surface area contributed by atoms with Crippen molar-refractivity contribution < 1.29 is 9.53 Å². The first-order valence-electron chi connectivity index (χ1n) is 5.31. The van der Waals surface area contributed by atoms with Crippen LogP contribution in [0.1, 0.15) is 23.8 Å². The minimum atomic E-state index is -0.273. The summed E-state index contributed by atoms with van der Waals surface area (Å²) in [6.07, 6.45) is 0.787. The lowest BCUT2D eigenvalue weighted by atomic mass is 10.2. The molecule has 7 nitrogen and oxygen atoms in total. The fourth-order valence-electron chi connectivity index (χ4n) is 1.25. The number of nitrogen functional groups attached to an aromatic ring is 1. The number of hydrogen-bond donors (Lipinski definition) is 3. The van der Waals surface area contributed by atoms with Crippen molar-refractivity contribution in [2.24, 2.45) is 5.84 Å². The fraction of sp³-hybridized carbons (Fsp3) is 0.500. The molecule has 0 aliphatic rings. The number of aromatic nitrogens is 2. The maximum absolute atomic E-state index is 11.8. The number of hydrazine groups is 1. The number of rotatable bonds is 6. The standard InChI is InChI=1S/C10H17N5O2/c1-3-7(6-17-2)12-10(16)8-4-5-9(13-11)15-14-8/h4-5,7H,3,6,11H2,1-2H3,(H,12,16)(H,13,15). The maximum Gasteiger partial charge on any atom is 0.272 e. The Hall–Kier alpha value is -1.73. The number of amides is 1. The van der Waals surface area contributed by atoms with Gasteiger partial charge in [0.1, 0.15) is 0 Å². The zero-order valence-corrected chi connectivity index (χ0v) is 9.93. The Morgan fingerprint density at radius 1 is 1.53 bits per heavy atom. The highest BCUT2D eigenvalue weighted by molar-refractivity contribution is 5.92. The zero-order chi connectivity index (χ0) is 12.7. The minimum absolute atomic E-state index is 0.0263. The summed E-state index contributed by atoms with van der Waals surface area (Å²) < 4.78 is 4.99. The second-order valence-electron chi connectivity index (χ2n) is 3.48. The SMILES string of the molecule is CCC(COC)NC(=O)c1ccc(NN)nn1. The van der Waals surface area contributed by atoms with Gasteiger partial charge >= 0.3 is 0 Å². The molecule has 1 atom stereocenters. The molecule has 0 radical (unpaired) electrons. The van der Waals surface area contributed by atoms with Gasteiger partial charge in [-0.25, -0.2) is 5.84 Å². The number of nitrogens with zero attached hydrogens (tertiary/aromatic N) is 2. The number of ether oxygens (including phenoxy) is 1. The van der Waals surface area contributed by atoms with E-state index in [1.807, 2.05) is 6.92 Å². The minimum Gasteiger partial charge on any atom is -0.383 e. The predicted molar refractivity (Wildman–Crippen MR) is 63.3 cm³/mol. The van der Waals surface area contributed by atoms with Gasteiger partial charge in [0, 0.05) is 7.11 Å². The number of anilines is 1. The van der Waals surface area contributed by atoms with E-state index in [4.69, 9.17) is 10.6 Å². The first-order chi connectivity index (χ1) is 8.21. The van der Waals surface area contributed by atoms with Crippen molar-refractivity contribution in [1.29, 1.82) is 0 Å². The molecular formula is C10H17N5O2. The third kappa shape index (κ3) is 3.97. The van der Waals surface area contributed by atoms with Crippen molar-refractivity contribution in [2.45, 2.75) is 19.4 Å². The molecule has 1 amide bonds. The molecule has 7 heteroatoms. The van der Waals surface area contributed by atoms with Gasteiger partial charge in [-0.15, -0.1) is 10.2 Å². The smallest absolute Gasteiger partial charge is 0.272 e. The van der Waals surface area contributed by atoms with E-state index in [9.17, 15) is 4.79 Å². The van der Waals surface area contributed by atoms with Crippen molar-refractivity contribution in [3.05, 3.63) is 17.8 Å². The van der Waals surface area contributed by atoms with Crippen molar-refractivity contribution in [2.75, 3.05) is 19.1 Å². The monoisotopic (exact) mass is 239 g/mol. The van der Waals surface area contributed by atoms with Crippen LogP contribution >= 0.6 is 0 Å². The van der Waals surface area contributed by atoms with E-state index in [2.05, 4.69) is 20.9 Å². The van der Waals surface area contributed by atoms with Crippen molar-refractivity contribution in [1.82, 2.24) is 15.5 Å². The van der Waals surface area contributed by atoms with Crippen LogP contribution in [0.15, 0.2) is 12.1 Å². The normalized spacial score (nSPS) is 11.9. The first-order valence-corrected chi connectivity index (χ1v) is 5.31. The highest BCUT2D eigenvalue weighted by atomic mass is 16.5. The summed E-state index contributed by atoms with van der Waals surface area (Å²) in [6, 6.07) is 3.11. The molecule has 4 N–H and O–H groups in total. The maximum atomic E-state index is 11.8. The van der Waals surface area contributed by atoms with Crippen LogP contribution in [0.5, 0.6) is 0 Å². The van der Waals surface area contributed by atoms with Crippen LogP contribution in [0.25, 0.3) is 0 Å². The van der Waals surface area contributed by atoms with Crippen LogP contribution in [0.4, 0.5) is 5.82 Å². The summed E-state index contributed by atoms with van der Waals surface area (Å²) in [4.78, 5) is 11.8. The van der Waals surface area contributed by atoms with Gasteiger partial charge in [0.15, 0.2) is 11.5 Å². The highest BCUT2D eigenvalue weighted by Gasteiger charge is 2.13. The van der Waals surface area contributed by atoms with Gasteiger partial charge in [0.25, 0.3) is 5.91 Å². The lowest BCUT2D eigenvalue weighted by molar-refractivity contribution is 0.0888. The van der Waals surface area contributed by atoms with Crippen molar-refractivity contribution in [3.8, 4) is 0 Å². The molecule has 0 bridgehead atoms. The molecule has 0 aliphatic carbocycles. The average Bonchev–Trinajstić information content (AvgIpc) is 2.38. The zero-order valence-electron chi connectivity index (χ0n) is 9.93. The molecule has 17 heavy (non-hydrogen) atoms. The molecule has 1 heterocycles. The molecule has 94 valence electrons. The molecule has 1 unspecified atom stereocenters. The lowest BCUT2D eigenvalue weighted by Gasteiger charge is -2.15. The molecule has 0 fully saturated rings. The summed E-state index contributed by atoms with van der Waals surface area (Å²) in [7, 11) is 1.59. The van der Waals surface area contributed by atoms with Crippen molar-refractivity contribution in [3.63, 3.8) is 0 Å². The van der Waals surface area contributed by atoms with Gasteiger partial charge in [0.2, 0.25) is 0 Å². The Morgan fingerprint density at radius 2 is 2.29 bits per heavy atom.